The smallest absolute Gasteiger partial charge is 0.348 e. The van der Waals surface area contributed by atoms with Crippen LogP contribution in [0, 0.1) is 6.92 Å². The summed E-state index contributed by atoms with van der Waals surface area (Å²) in [7, 11) is 0. The van der Waals surface area contributed by atoms with Crippen LogP contribution in [0.2, 0.25) is 0 Å². The van der Waals surface area contributed by atoms with E-state index in [9.17, 15) is 18.0 Å². The zero-order valence-electron chi connectivity index (χ0n) is 12.6. The second-order valence-corrected chi connectivity index (χ2v) is 5.31. The Morgan fingerprint density at radius 2 is 2.08 bits per heavy atom. The standard InChI is InChI=1S/C16H13F3N4O/c1-10-5-14-20-8-12(9-23(14)22-10)15(24)21-7-11-3-2-4-13(6-11)16(17,18)19/h2-6,8-9H,7H2,1H3,(H,21,24). The first kappa shape index (κ1) is 16.0. The number of hydrogen-bond acceptors (Lipinski definition) is 3. The van der Waals surface area contributed by atoms with Crippen LogP contribution in [-0.2, 0) is 12.7 Å². The summed E-state index contributed by atoms with van der Waals surface area (Å²) in [5, 5.41) is 6.74. The van der Waals surface area contributed by atoms with Crippen molar-refractivity contribution in [2.75, 3.05) is 0 Å². The van der Waals surface area contributed by atoms with Crippen molar-refractivity contribution in [2.45, 2.75) is 19.6 Å². The van der Waals surface area contributed by atoms with Crippen molar-refractivity contribution in [3.05, 3.63) is 65.1 Å². The minimum Gasteiger partial charge on any atom is -0.348 e. The number of carbonyl (C=O) groups is 1. The Morgan fingerprint density at radius 3 is 2.83 bits per heavy atom. The molecule has 0 aliphatic carbocycles. The van der Waals surface area contributed by atoms with Crippen LogP contribution < -0.4 is 5.32 Å². The van der Waals surface area contributed by atoms with Gasteiger partial charge in [-0.1, -0.05) is 12.1 Å². The number of benzene rings is 1. The van der Waals surface area contributed by atoms with Crippen LogP contribution in [0.15, 0.2) is 42.7 Å². The maximum atomic E-state index is 12.7. The molecule has 0 spiro atoms. The lowest BCUT2D eigenvalue weighted by Crippen LogP contribution is -2.23. The van der Waals surface area contributed by atoms with Gasteiger partial charge in [-0.2, -0.15) is 18.3 Å². The number of aromatic nitrogens is 3. The molecule has 2 heterocycles. The first-order valence-electron chi connectivity index (χ1n) is 7.09. The molecule has 0 fully saturated rings. The molecule has 3 aromatic rings. The molecule has 1 N–H and O–H groups in total. The van der Waals surface area contributed by atoms with E-state index in [-0.39, 0.29) is 12.1 Å². The molecule has 1 aromatic carbocycles. The van der Waals surface area contributed by atoms with E-state index in [2.05, 4.69) is 15.4 Å². The molecule has 0 atom stereocenters. The Bertz CT molecular complexity index is 902. The van der Waals surface area contributed by atoms with Gasteiger partial charge in [0.1, 0.15) is 0 Å². The third-order valence-corrected chi connectivity index (χ3v) is 3.41. The maximum Gasteiger partial charge on any atom is 0.416 e. The number of halogens is 3. The van der Waals surface area contributed by atoms with Crippen molar-refractivity contribution in [1.29, 1.82) is 0 Å². The molecule has 124 valence electrons. The molecule has 5 nitrogen and oxygen atoms in total. The van der Waals surface area contributed by atoms with E-state index in [1.807, 2.05) is 6.92 Å². The number of alkyl halides is 3. The van der Waals surface area contributed by atoms with Crippen LogP contribution >= 0.6 is 0 Å². The highest BCUT2D eigenvalue weighted by Gasteiger charge is 2.30. The van der Waals surface area contributed by atoms with Crippen LogP contribution in [0.25, 0.3) is 5.65 Å². The van der Waals surface area contributed by atoms with Crippen molar-refractivity contribution in [1.82, 2.24) is 19.9 Å². The number of rotatable bonds is 3. The van der Waals surface area contributed by atoms with Crippen LogP contribution in [0.5, 0.6) is 0 Å². The van der Waals surface area contributed by atoms with Gasteiger partial charge >= 0.3 is 6.18 Å². The number of nitrogens with zero attached hydrogens (tertiary/aromatic N) is 3. The number of hydrogen-bond donors (Lipinski definition) is 1. The van der Waals surface area contributed by atoms with E-state index in [1.165, 1.54) is 29.0 Å². The predicted octanol–water partition coefficient (Wildman–Crippen LogP) is 2.99. The maximum absolute atomic E-state index is 12.7. The van der Waals surface area contributed by atoms with Gasteiger partial charge in [0.05, 0.1) is 16.8 Å². The quantitative estimate of drug-likeness (QED) is 0.801. The van der Waals surface area contributed by atoms with Gasteiger partial charge in [0.25, 0.3) is 5.91 Å². The Morgan fingerprint density at radius 1 is 1.29 bits per heavy atom. The summed E-state index contributed by atoms with van der Waals surface area (Å²) >= 11 is 0. The number of amides is 1. The lowest BCUT2D eigenvalue weighted by Gasteiger charge is -2.09. The Balaban J connectivity index is 1.72. The summed E-state index contributed by atoms with van der Waals surface area (Å²) in [5.74, 6) is -0.435. The summed E-state index contributed by atoms with van der Waals surface area (Å²) in [6.07, 6.45) is -1.48. The van der Waals surface area contributed by atoms with E-state index in [0.717, 1.165) is 17.8 Å². The fraction of sp³-hybridized carbons (Fsp3) is 0.188. The van der Waals surface area contributed by atoms with Crippen molar-refractivity contribution in [2.24, 2.45) is 0 Å². The molecular weight excluding hydrogens is 321 g/mol. The fourth-order valence-corrected chi connectivity index (χ4v) is 2.25. The molecule has 0 saturated carbocycles. The van der Waals surface area contributed by atoms with Gasteiger partial charge in [0, 0.05) is 25.0 Å². The number of nitrogens with one attached hydrogen (secondary N) is 1. The summed E-state index contributed by atoms with van der Waals surface area (Å²) in [6.45, 7) is 1.79. The van der Waals surface area contributed by atoms with Gasteiger partial charge in [-0.05, 0) is 24.6 Å². The normalized spacial score (nSPS) is 11.7. The van der Waals surface area contributed by atoms with Gasteiger partial charge < -0.3 is 5.32 Å². The van der Waals surface area contributed by atoms with Crippen molar-refractivity contribution < 1.29 is 18.0 Å². The first-order valence-corrected chi connectivity index (χ1v) is 7.09. The summed E-state index contributed by atoms with van der Waals surface area (Å²) in [6, 6.07) is 6.60. The molecule has 0 saturated heterocycles. The average molecular weight is 334 g/mol. The van der Waals surface area contributed by atoms with Crippen molar-refractivity contribution in [3.63, 3.8) is 0 Å². The fourth-order valence-electron chi connectivity index (χ4n) is 2.25. The highest BCUT2D eigenvalue weighted by molar-refractivity contribution is 5.93. The minimum absolute atomic E-state index is 0.0150. The number of carbonyl (C=O) groups excluding carboxylic acids is 1. The van der Waals surface area contributed by atoms with Crippen molar-refractivity contribution >= 4 is 11.6 Å². The van der Waals surface area contributed by atoms with E-state index < -0.39 is 17.6 Å². The van der Waals surface area contributed by atoms with Crippen LogP contribution in [0.3, 0.4) is 0 Å². The SMILES string of the molecule is Cc1cc2ncc(C(=O)NCc3cccc(C(F)(F)F)c3)cn2n1. The van der Waals surface area contributed by atoms with Crippen LogP contribution in [0.1, 0.15) is 27.2 Å². The third kappa shape index (κ3) is 3.37. The van der Waals surface area contributed by atoms with Gasteiger partial charge in [-0.15, -0.1) is 0 Å². The first-order chi connectivity index (χ1) is 11.3. The largest absolute Gasteiger partial charge is 0.416 e. The molecule has 0 aliphatic heterocycles. The van der Waals surface area contributed by atoms with Gasteiger partial charge in [-0.3, -0.25) is 4.79 Å². The molecule has 0 radical (unpaired) electrons. The summed E-state index contributed by atoms with van der Waals surface area (Å²) in [4.78, 5) is 16.3. The molecule has 24 heavy (non-hydrogen) atoms. The van der Waals surface area contributed by atoms with Gasteiger partial charge in [-0.25, -0.2) is 9.50 Å². The molecule has 2 aromatic heterocycles. The van der Waals surface area contributed by atoms with E-state index in [1.54, 1.807) is 6.07 Å². The highest BCUT2D eigenvalue weighted by Crippen LogP contribution is 2.29. The number of aryl methyl sites for hydroxylation is 1. The lowest BCUT2D eigenvalue weighted by molar-refractivity contribution is -0.137. The van der Waals surface area contributed by atoms with Gasteiger partial charge in [0.15, 0.2) is 5.65 Å². The second-order valence-electron chi connectivity index (χ2n) is 5.31. The third-order valence-electron chi connectivity index (χ3n) is 3.41. The summed E-state index contributed by atoms with van der Waals surface area (Å²) < 4.78 is 39.5. The second kappa shape index (κ2) is 5.95. The molecule has 0 bridgehead atoms. The molecule has 1 amide bonds. The average Bonchev–Trinajstić information content (AvgIpc) is 2.91. The van der Waals surface area contributed by atoms with Crippen LogP contribution in [-0.4, -0.2) is 20.5 Å². The molecular formula is C16H13F3N4O. The molecule has 8 heteroatoms. The molecule has 0 aliphatic rings. The highest BCUT2D eigenvalue weighted by atomic mass is 19.4. The van der Waals surface area contributed by atoms with Gasteiger partial charge in [0.2, 0.25) is 0 Å². The minimum atomic E-state index is -4.41. The zero-order chi connectivity index (χ0) is 17.3. The van der Waals surface area contributed by atoms with E-state index >= 15 is 0 Å². The monoisotopic (exact) mass is 334 g/mol. The Hall–Kier alpha value is -2.90. The predicted molar refractivity (Wildman–Crippen MR) is 80.3 cm³/mol. The summed E-state index contributed by atoms with van der Waals surface area (Å²) in [5.41, 5.74) is 1.27. The topological polar surface area (TPSA) is 59.3 Å². The molecule has 3 rings (SSSR count). The van der Waals surface area contributed by atoms with Crippen LogP contribution in [0.4, 0.5) is 13.2 Å². The van der Waals surface area contributed by atoms with E-state index in [0.29, 0.717) is 11.2 Å². The Labute approximate surface area is 135 Å². The lowest BCUT2D eigenvalue weighted by atomic mass is 10.1. The van der Waals surface area contributed by atoms with Crippen molar-refractivity contribution in [3.8, 4) is 0 Å². The number of fused-ring (bicyclic) bond motifs is 1. The van der Waals surface area contributed by atoms with E-state index in [4.69, 9.17) is 0 Å². The zero-order valence-corrected chi connectivity index (χ0v) is 12.6. The molecule has 0 unspecified atom stereocenters. The Kier molecular flexibility index (Phi) is 3.96.